The van der Waals surface area contributed by atoms with Crippen molar-refractivity contribution >= 4 is 150 Å². The summed E-state index contributed by atoms with van der Waals surface area (Å²) >= 11 is 0. The van der Waals surface area contributed by atoms with Crippen LogP contribution in [0.15, 0.2) is 352 Å². The SMILES string of the molecule is Cc1cc(S(=O)(=O)O)ccc1N=c1ccc2c(-c3ccccc3C(=O)O)c3ccc(Nc4ccccc4C)cc3oc-2c1.Cc1cc(S(=O)(=O)O)ccc1N=c1ccc2c(-c3ccccc3C(=O)[O-])c3ccc(Nc4ccccc4C)cc3oc-2c1.Cc1cc(S(=O)(=O)[O-])ccc1N=c1ccc2c(-c3ccccc3C(=O)[O-])c3ccc(Nc4ccccc4C)cc3oc-2c1.[Al+3]. The summed E-state index contributed by atoms with van der Waals surface area (Å²) < 4.78 is 118. The number of nitrogens with one attached hydrogen (secondary N) is 3. The Morgan fingerprint density at radius 1 is 0.315 bits per heavy atom. The van der Waals surface area contributed by atoms with Crippen LogP contribution in [0.25, 0.3) is 100 Å². The van der Waals surface area contributed by atoms with Gasteiger partial charge in [0.25, 0.3) is 20.2 Å². The molecule has 3 aliphatic heterocycles. The summed E-state index contributed by atoms with van der Waals surface area (Å²) in [5.41, 5.74) is 19.2. The first-order chi connectivity index (χ1) is 61.7. The molecule has 0 atom stereocenters. The van der Waals surface area contributed by atoms with Crippen LogP contribution in [0.3, 0.4) is 0 Å². The second-order valence-electron chi connectivity index (χ2n) is 30.5. The third-order valence-corrected chi connectivity index (χ3v) is 24.3. The monoisotopic (exact) mass is 1790 g/mol. The number of hydrogen-bond donors (Lipinski definition) is 6. The Balaban J connectivity index is 0.000000149. The van der Waals surface area contributed by atoms with Gasteiger partial charge in [-0.3, -0.25) is 9.11 Å². The first-order valence-electron chi connectivity index (χ1n) is 40.1. The molecule has 0 saturated heterocycles. The maximum atomic E-state index is 12.2. The molecule has 0 spiro atoms. The molecule has 3 heterocycles. The summed E-state index contributed by atoms with van der Waals surface area (Å²) in [6.07, 6.45) is 0. The first-order valence-corrected chi connectivity index (χ1v) is 44.3. The number of carboxylic acid groups (broad SMARTS) is 3. The fourth-order valence-corrected chi connectivity index (χ4v) is 17.0. The number of aromatic carboxylic acids is 3. The van der Waals surface area contributed by atoms with Crippen molar-refractivity contribution in [1.29, 1.82) is 0 Å². The van der Waals surface area contributed by atoms with Crippen molar-refractivity contribution in [2.24, 2.45) is 15.0 Å². The summed E-state index contributed by atoms with van der Waals surface area (Å²) in [6, 6.07) is 89.5. The second-order valence-corrected chi connectivity index (χ2v) is 34.7. The topological polar surface area (TPSA) is 396 Å². The van der Waals surface area contributed by atoms with Crippen molar-refractivity contribution in [3.05, 3.63) is 376 Å². The number of rotatable bonds is 18. The Hall–Kier alpha value is -15.2. The minimum Gasteiger partial charge on any atom is -0.744 e. The van der Waals surface area contributed by atoms with Crippen LogP contribution >= 0.6 is 0 Å². The normalized spacial score (nSPS) is 12.0. The third-order valence-electron chi connectivity index (χ3n) is 21.8. The van der Waals surface area contributed by atoms with Crippen molar-refractivity contribution in [1.82, 2.24) is 0 Å². The zero-order valence-corrected chi connectivity index (χ0v) is 73.7. The molecule has 0 radical (unpaired) electrons. The third kappa shape index (κ3) is 19.4. The molecule has 18 rings (SSSR count). The summed E-state index contributed by atoms with van der Waals surface area (Å²) in [4.78, 5) is 49.7. The van der Waals surface area contributed by atoms with Gasteiger partial charge in [0, 0.05) is 131 Å². The van der Waals surface area contributed by atoms with Gasteiger partial charge in [-0.25, -0.2) is 28.2 Å². The maximum absolute atomic E-state index is 12.2. The van der Waals surface area contributed by atoms with Crippen molar-refractivity contribution in [3.63, 3.8) is 0 Å². The summed E-state index contributed by atoms with van der Waals surface area (Å²) in [5.74, 6) is -2.19. The van der Waals surface area contributed by atoms with Crippen LogP contribution in [0, 0.1) is 41.5 Å². The fourth-order valence-electron chi connectivity index (χ4n) is 15.4. The summed E-state index contributed by atoms with van der Waals surface area (Å²) in [6.45, 7) is 11.1. The number of carbonyl (C=O) groups is 3. The van der Waals surface area contributed by atoms with Crippen LogP contribution < -0.4 is 42.2 Å². The number of carbonyl (C=O) groups excluding carboxylic acids is 2. The summed E-state index contributed by atoms with van der Waals surface area (Å²) in [5, 5.41) is 48.3. The molecule has 0 amide bonds. The van der Waals surface area contributed by atoms with Crippen LogP contribution in [0.4, 0.5) is 51.2 Å². The number of anilines is 6. The number of aryl methyl sites for hydroxylation is 6. The van der Waals surface area contributed by atoms with Gasteiger partial charge in [-0.2, -0.15) is 16.8 Å². The summed E-state index contributed by atoms with van der Waals surface area (Å²) in [7, 11) is -13.3. The zero-order valence-electron chi connectivity index (χ0n) is 70.1. The number of nitrogens with zero attached hydrogens (tertiary/aromatic N) is 3. The van der Waals surface area contributed by atoms with E-state index >= 15 is 0 Å². The molecule has 642 valence electrons. The molecule has 6 aliphatic rings. The van der Waals surface area contributed by atoms with Crippen LogP contribution in [-0.4, -0.2) is 79.3 Å². The molecule has 0 unspecified atom stereocenters. The van der Waals surface area contributed by atoms with Gasteiger partial charge in [0.15, 0.2) is 0 Å². The Kier molecular flexibility index (Phi) is 25.5. The Labute approximate surface area is 756 Å². The fraction of sp³-hybridized carbons (Fsp3) is 0.0588. The van der Waals surface area contributed by atoms with Gasteiger partial charge in [-0.1, -0.05) is 121 Å². The molecule has 0 aromatic heterocycles. The van der Waals surface area contributed by atoms with Crippen LogP contribution in [-0.2, 0) is 30.4 Å². The van der Waals surface area contributed by atoms with Crippen molar-refractivity contribution < 1.29 is 81.9 Å². The van der Waals surface area contributed by atoms with E-state index in [-0.39, 0.29) is 48.7 Å². The molecule has 130 heavy (non-hydrogen) atoms. The van der Waals surface area contributed by atoms with E-state index in [4.69, 9.17) is 13.3 Å². The average molecular weight is 1800 g/mol. The second kappa shape index (κ2) is 37.0. The van der Waals surface area contributed by atoms with Crippen molar-refractivity contribution in [3.8, 4) is 67.4 Å². The van der Waals surface area contributed by atoms with Crippen LogP contribution in [0.1, 0.15) is 64.5 Å². The molecule has 0 fully saturated rings. The first kappa shape index (κ1) is 89.6. The predicted molar refractivity (Wildman–Crippen MR) is 496 cm³/mol. The predicted octanol–water partition coefficient (Wildman–Crippen LogP) is 19.8. The average Bonchev–Trinajstić information content (AvgIpc) is 0.753. The van der Waals surface area contributed by atoms with E-state index in [2.05, 4.69) is 30.9 Å². The molecule has 0 bridgehead atoms. The molecule has 12 aromatic carbocycles. The maximum Gasteiger partial charge on any atom is 3.00 e. The standard InChI is InChI=1S/3C34H26N2O6S.Al/c3*1-20-7-3-6-10-29(20)35-22-11-14-27-31(18-22)42-32-19-23(36-30-16-13-24(17-21(30)2)43(39,40)41)12-15-28(32)33(27)25-8-4-5-9-26(25)34(37)38;/h3*3-19,35H,1-2H3,(H,37,38)(H,39,40,41);/q;;;+3/p-3. The van der Waals surface area contributed by atoms with Gasteiger partial charge in [0.05, 0.1) is 65.3 Å². The van der Waals surface area contributed by atoms with E-state index in [0.717, 1.165) is 67.2 Å². The van der Waals surface area contributed by atoms with Gasteiger partial charge in [0.1, 0.15) is 44.1 Å². The number of fused-ring (bicyclic) bond motifs is 6. The number of benzene rings is 15. The Morgan fingerprint density at radius 2 is 0.600 bits per heavy atom. The molecule has 0 saturated carbocycles. The van der Waals surface area contributed by atoms with Gasteiger partial charge in [-0.05, 0) is 243 Å². The van der Waals surface area contributed by atoms with Gasteiger partial charge in [0.2, 0.25) is 0 Å². The van der Waals surface area contributed by atoms with Crippen LogP contribution in [0.5, 0.6) is 0 Å². The zero-order chi connectivity index (χ0) is 90.9. The van der Waals surface area contributed by atoms with Crippen LogP contribution in [0.2, 0.25) is 0 Å². The van der Waals surface area contributed by atoms with E-state index in [1.165, 1.54) is 66.7 Å². The number of hydrogen-bond acceptors (Lipinski definition) is 21. The van der Waals surface area contributed by atoms with Crippen molar-refractivity contribution in [2.75, 3.05) is 16.0 Å². The molecular formula is C102H75AlN6O18S3. The van der Waals surface area contributed by atoms with E-state index in [1.54, 1.807) is 118 Å². The number of para-hydroxylation sites is 3. The number of carboxylic acids is 3. The molecule has 3 aliphatic carbocycles. The van der Waals surface area contributed by atoms with E-state index in [1.807, 2.05) is 166 Å². The van der Waals surface area contributed by atoms with Gasteiger partial charge in [-0.15, -0.1) is 0 Å². The van der Waals surface area contributed by atoms with E-state index in [9.17, 15) is 68.6 Å². The van der Waals surface area contributed by atoms with Crippen molar-refractivity contribution in [2.45, 2.75) is 56.2 Å². The smallest absolute Gasteiger partial charge is 0.744 e. The Morgan fingerprint density at radius 3 is 0.892 bits per heavy atom. The largest absolute Gasteiger partial charge is 3.00 e. The molecule has 24 nitrogen and oxygen atoms in total. The minimum atomic E-state index is -4.59. The molecular weight excluding hydrogens is 1720 g/mol. The van der Waals surface area contributed by atoms with Gasteiger partial charge >= 0.3 is 23.3 Å². The van der Waals surface area contributed by atoms with E-state index in [0.29, 0.717) is 134 Å². The Bertz CT molecular complexity index is 7360. The molecule has 6 N–H and O–H groups in total. The molecule has 12 aromatic rings. The minimum absolute atomic E-state index is 0. The van der Waals surface area contributed by atoms with Gasteiger partial charge < -0.3 is 58.7 Å². The van der Waals surface area contributed by atoms with E-state index < -0.39 is 48.3 Å². The molecule has 28 heteroatoms. The quantitative estimate of drug-likeness (QED) is 0.0264.